The predicted molar refractivity (Wildman–Crippen MR) is 83.6 cm³/mol. The highest BCUT2D eigenvalue weighted by Gasteiger charge is 2.14. The molecule has 5 heteroatoms. The summed E-state index contributed by atoms with van der Waals surface area (Å²) in [5.74, 6) is 0.0776. The van der Waals surface area contributed by atoms with E-state index in [4.69, 9.17) is 10.9 Å². The van der Waals surface area contributed by atoms with Crippen LogP contribution in [0.5, 0.6) is 0 Å². The molecule has 0 saturated heterocycles. The molecule has 0 aromatic heterocycles. The monoisotopic (exact) mass is 285 g/mol. The minimum absolute atomic E-state index is 0.0472. The molecule has 2 aromatic carbocycles. The standard InChI is InChI=1S/C16H19N3O2/c1-2-19(10-9-15(17)18-21)16(20)14-8-7-12-5-3-4-6-13(12)11-14/h3-8,11,21H,2,9-10H2,1H3,(H2,17,18). The fraction of sp³-hybridized carbons (Fsp3) is 0.250. The van der Waals surface area contributed by atoms with Crippen LogP contribution in [0.15, 0.2) is 47.6 Å². The molecule has 1 amide bonds. The topological polar surface area (TPSA) is 78.9 Å². The molecule has 21 heavy (non-hydrogen) atoms. The molecule has 0 aliphatic carbocycles. The van der Waals surface area contributed by atoms with Crippen molar-refractivity contribution >= 4 is 22.5 Å². The number of hydrogen-bond donors (Lipinski definition) is 2. The average molecular weight is 285 g/mol. The van der Waals surface area contributed by atoms with E-state index in [1.807, 2.05) is 49.4 Å². The second kappa shape index (κ2) is 6.74. The Morgan fingerprint density at radius 3 is 2.62 bits per heavy atom. The molecule has 0 spiro atoms. The van der Waals surface area contributed by atoms with Gasteiger partial charge in [-0.05, 0) is 29.8 Å². The lowest BCUT2D eigenvalue weighted by atomic mass is 10.1. The van der Waals surface area contributed by atoms with Crippen molar-refractivity contribution in [1.82, 2.24) is 4.90 Å². The van der Waals surface area contributed by atoms with Crippen molar-refractivity contribution in [2.45, 2.75) is 13.3 Å². The van der Waals surface area contributed by atoms with Crippen molar-refractivity contribution in [2.75, 3.05) is 13.1 Å². The zero-order valence-electron chi connectivity index (χ0n) is 12.0. The van der Waals surface area contributed by atoms with Gasteiger partial charge in [0.1, 0.15) is 5.84 Å². The molecule has 0 radical (unpaired) electrons. The number of oxime groups is 1. The lowest BCUT2D eigenvalue weighted by molar-refractivity contribution is 0.0768. The molecule has 0 aliphatic rings. The number of amidine groups is 1. The van der Waals surface area contributed by atoms with E-state index in [-0.39, 0.29) is 11.7 Å². The number of carbonyl (C=O) groups excluding carboxylic acids is 1. The third-order valence-corrected chi connectivity index (χ3v) is 3.43. The summed E-state index contributed by atoms with van der Waals surface area (Å²) in [6, 6.07) is 13.6. The van der Waals surface area contributed by atoms with Crippen LogP contribution in [0.1, 0.15) is 23.7 Å². The summed E-state index contributed by atoms with van der Waals surface area (Å²) in [7, 11) is 0. The van der Waals surface area contributed by atoms with Gasteiger partial charge in [-0.1, -0.05) is 35.5 Å². The Morgan fingerprint density at radius 2 is 1.95 bits per heavy atom. The summed E-state index contributed by atoms with van der Waals surface area (Å²) in [4.78, 5) is 14.2. The predicted octanol–water partition coefficient (Wildman–Crippen LogP) is 2.44. The maximum atomic E-state index is 12.5. The lowest BCUT2D eigenvalue weighted by Crippen LogP contribution is -2.33. The molecule has 0 heterocycles. The van der Waals surface area contributed by atoms with Gasteiger partial charge in [-0.2, -0.15) is 0 Å². The molecule has 0 atom stereocenters. The molecule has 2 aromatic rings. The number of benzene rings is 2. The minimum atomic E-state index is -0.0472. The molecule has 3 N–H and O–H groups in total. The number of nitrogens with two attached hydrogens (primary N) is 1. The number of amides is 1. The molecule has 0 fully saturated rings. The first-order valence-electron chi connectivity index (χ1n) is 6.90. The Morgan fingerprint density at radius 1 is 1.24 bits per heavy atom. The summed E-state index contributed by atoms with van der Waals surface area (Å²) in [6.07, 6.45) is 0.351. The fourth-order valence-electron chi connectivity index (χ4n) is 2.21. The van der Waals surface area contributed by atoms with Crippen LogP contribution in [0, 0.1) is 0 Å². The van der Waals surface area contributed by atoms with Crippen molar-refractivity contribution in [2.24, 2.45) is 10.9 Å². The second-order valence-electron chi connectivity index (χ2n) is 4.79. The molecule has 0 saturated carbocycles. The summed E-state index contributed by atoms with van der Waals surface area (Å²) in [6.45, 7) is 2.91. The molecular formula is C16H19N3O2. The first-order valence-corrected chi connectivity index (χ1v) is 6.90. The molecule has 110 valence electrons. The average Bonchev–Trinajstić information content (AvgIpc) is 2.54. The molecule has 0 bridgehead atoms. The highest BCUT2D eigenvalue weighted by Crippen LogP contribution is 2.17. The maximum absolute atomic E-state index is 12.5. The van der Waals surface area contributed by atoms with Crippen molar-refractivity contribution in [3.8, 4) is 0 Å². The number of nitrogens with zero attached hydrogens (tertiary/aromatic N) is 2. The van der Waals surface area contributed by atoms with E-state index in [0.717, 1.165) is 10.8 Å². The van der Waals surface area contributed by atoms with Crippen LogP contribution in [0.3, 0.4) is 0 Å². The van der Waals surface area contributed by atoms with Crippen molar-refractivity contribution < 1.29 is 10.0 Å². The van der Waals surface area contributed by atoms with Crippen LogP contribution < -0.4 is 5.73 Å². The van der Waals surface area contributed by atoms with Gasteiger partial charge in [0.05, 0.1) is 0 Å². The Balaban J connectivity index is 2.18. The van der Waals surface area contributed by atoms with Crippen LogP contribution in [0.2, 0.25) is 0 Å². The van der Waals surface area contributed by atoms with Crippen LogP contribution in [-0.2, 0) is 0 Å². The van der Waals surface area contributed by atoms with Crippen LogP contribution in [0.4, 0.5) is 0 Å². The first-order chi connectivity index (χ1) is 10.2. The summed E-state index contributed by atoms with van der Waals surface area (Å²) in [5, 5.41) is 13.6. The van der Waals surface area contributed by atoms with Gasteiger partial charge < -0.3 is 15.8 Å². The molecule has 2 rings (SSSR count). The summed E-state index contributed by atoms with van der Waals surface area (Å²) >= 11 is 0. The zero-order chi connectivity index (χ0) is 15.2. The van der Waals surface area contributed by atoms with Gasteiger partial charge in [0, 0.05) is 25.1 Å². The quantitative estimate of drug-likeness (QED) is 0.383. The third kappa shape index (κ3) is 3.51. The van der Waals surface area contributed by atoms with Gasteiger partial charge in [-0.25, -0.2) is 0 Å². The lowest BCUT2D eigenvalue weighted by Gasteiger charge is -2.20. The van der Waals surface area contributed by atoms with Crippen molar-refractivity contribution in [3.05, 3.63) is 48.0 Å². The molecule has 0 aliphatic heterocycles. The zero-order valence-corrected chi connectivity index (χ0v) is 12.0. The minimum Gasteiger partial charge on any atom is -0.409 e. The SMILES string of the molecule is CCN(CCC(N)=NO)C(=O)c1ccc2ccccc2c1. The van der Waals surface area contributed by atoms with Crippen LogP contribution in [0.25, 0.3) is 10.8 Å². The Kier molecular flexibility index (Phi) is 4.77. The van der Waals surface area contributed by atoms with Gasteiger partial charge in [0.25, 0.3) is 5.91 Å². The van der Waals surface area contributed by atoms with Crippen LogP contribution in [-0.4, -0.2) is 34.9 Å². The number of rotatable bonds is 5. The van der Waals surface area contributed by atoms with E-state index in [1.54, 1.807) is 4.90 Å². The van der Waals surface area contributed by atoms with Gasteiger partial charge >= 0.3 is 0 Å². The van der Waals surface area contributed by atoms with E-state index in [1.165, 1.54) is 0 Å². The number of carbonyl (C=O) groups is 1. The van der Waals surface area contributed by atoms with E-state index >= 15 is 0 Å². The van der Waals surface area contributed by atoms with E-state index < -0.39 is 0 Å². The first kappa shape index (κ1) is 14.8. The van der Waals surface area contributed by atoms with Gasteiger partial charge in [0.2, 0.25) is 0 Å². The van der Waals surface area contributed by atoms with Crippen molar-refractivity contribution in [1.29, 1.82) is 0 Å². The largest absolute Gasteiger partial charge is 0.409 e. The van der Waals surface area contributed by atoms with E-state index in [0.29, 0.717) is 25.1 Å². The number of fused-ring (bicyclic) bond motifs is 1. The van der Waals surface area contributed by atoms with E-state index in [2.05, 4.69) is 5.16 Å². The molecule has 0 unspecified atom stereocenters. The Bertz CT molecular complexity index is 667. The molecule has 5 nitrogen and oxygen atoms in total. The van der Waals surface area contributed by atoms with Gasteiger partial charge in [0.15, 0.2) is 0 Å². The summed E-state index contributed by atoms with van der Waals surface area (Å²) in [5.41, 5.74) is 6.10. The summed E-state index contributed by atoms with van der Waals surface area (Å²) < 4.78 is 0. The Labute approximate surface area is 123 Å². The van der Waals surface area contributed by atoms with E-state index in [9.17, 15) is 4.79 Å². The van der Waals surface area contributed by atoms with Gasteiger partial charge in [-0.3, -0.25) is 4.79 Å². The second-order valence-corrected chi connectivity index (χ2v) is 4.79. The number of hydrogen-bond acceptors (Lipinski definition) is 3. The van der Waals surface area contributed by atoms with Crippen molar-refractivity contribution in [3.63, 3.8) is 0 Å². The fourth-order valence-corrected chi connectivity index (χ4v) is 2.21. The highest BCUT2D eigenvalue weighted by molar-refractivity contribution is 5.98. The normalized spacial score (nSPS) is 11.6. The molecular weight excluding hydrogens is 266 g/mol. The smallest absolute Gasteiger partial charge is 0.253 e. The highest BCUT2D eigenvalue weighted by atomic mass is 16.4. The van der Waals surface area contributed by atoms with Crippen LogP contribution >= 0.6 is 0 Å². The third-order valence-electron chi connectivity index (χ3n) is 3.43. The Hall–Kier alpha value is -2.56. The maximum Gasteiger partial charge on any atom is 0.253 e. The van der Waals surface area contributed by atoms with Gasteiger partial charge in [-0.15, -0.1) is 0 Å².